The van der Waals surface area contributed by atoms with Gasteiger partial charge in [-0.2, -0.15) is 5.26 Å². The molecule has 0 spiro atoms. The van der Waals surface area contributed by atoms with Gasteiger partial charge in [0, 0.05) is 6.04 Å². The molecule has 1 N–H and O–H groups in total. The maximum absolute atomic E-state index is 12.1. The first-order chi connectivity index (χ1) is 9.08. The van der Waals surface area contributed by atoms with Crippen molar-refractivity contribution in [3.8, 4) is 6.07 Å². The predicted molar refractivity (Wildman–Crippen MR) is 84.5 cm³/mol. The fourth-order valence-electron chi connectivity index (χ4n) is 1.67. The van der Waals surface area contributed by atoms with Crippen molar-refractivity contribution in [2.45, 2.75) is 57.7 Å². The van der Waals surface area contributed by atoms with Gasteiger partial charge in [-0.3, -0.25) is 0 Å². The Morgan fingerprint density at radius 3 is 2.35 bits per heavy atom. The zero-order valence-electron chi connectivity index (χ0n) is 13.2. The van der Waals surface area contributed by atoms with Crippen molar-refractivity contribution < 1.29 is 4.21 Å². The Kier molecular flexibility index (Phi) is 5.12. The largest absolute Gasteiger partial charge is 0.242 e. The molecule has 0 bridgehead atoms. The van der Waals surface area contributed by atoms with Crippen LogP contribution in [0.25, 0.3) is 0 Å². The number of hydrogen-bond donors (Lipinski definition) is 1. The maximum atomic E-state index is 12.1. The Bertz CT molecular complexity index is 538. The molecule has 1 aromatic carbocycles. The summed E-state index contributed by atoms with van der Waals surface area (Å²) in [6.07, 6.45) is 0. The molecule has 0 saturated carbocycles. The minimum Gasteiger partial charge on any atom is -0.242 e. The molecule has 1 rings (SSSR count). The van der Waals surface area contributed by atoms with E-state index in [0.717, 1.165) is 11.1 Å². The van der Waals surface area contributed by atoms with E-state index in [-0.39, 0.29) is 10.8 Å². The molecule has 0 aromatic heterocycles. The van der Waals surface area contributed by atoms with Crippen LogP contribution in [-0.4, -0.2) is 8.96 Å². The van der Waals surface area contributed by atoms with Crippen molar-refractivity contribution in [1.82, 2.24) is 4.72 Å². The second kappa shape index (κ2) is 6.07. The van der Waals surface area contributed by atoms with Crippen LogP contribution in [0.3, 0.4) is 0 Å². The summed E-state index contributed by atoms with van der Waals surface area (Å²) in [5.41, 5.74) is 1.51. The summed E-state index contributed by atoms with van der Waals surface area (Å²) in [4.78, 5) is 0. The molecule has 3 nitrogen and oxygen atoms in total. The van der Waals surface area contributed by atoms with Gasteiger partial charge in [0.25, 0.3) is 0 Å². The van der Waals surface area contributed by atoms with Crippen molar-refractivity contribution in [2.75, 3.05) is 0 Å². The Hall–Kier alpha value is -1.18. The van der Waals surface area contributed by atoms with Crippen LogP contribution in [0, 0.1) is 11.3 Å². The van der Waals surface area contributed by atoms with Crippen LogP contribution in [0.4, 0.5) is 0 Å². The summed E-state index contributed by atoms with van der Waals surface area (Å²) in [7, 11) is -1.11. The van der Waals surface area contributed by atoms with E-state index in [2.05, 4.69) is 10.8 Å². The molecule has 0 fully saturated rings. The normalized spacial score (nSPS) is 15.4. The lowest BCUT2D eigenvalue weighted by molar-refractivity contribution is 0.615. The van der Waals surface area contributed by atoms with Gasteiger partial charge in [0.05, 0.1) is 27.2 Å². The van der Waals surface area contributed by atoms with Crippen molar-refractivity contribution in [3.63, 3.8) is 0 Å². The van der Waals surface area contributed by atoms with Crippen LogP contribution in [0.2, 0.25) is 0 Å². The third kappa shape index (κ3) is 4.16. The third-order valence-corrected chi connectivity index (χ3v) is 4.91. The third-order valence-electron chi connectivity index (χ3n) is 3.23. The number of nitrogens with one attached hydrogen (secondary N) is 1. The van der Waals surface area contributed by atoms with E-state index in [0.29, 0.717) is 0 Å². The van der Waals surface area contributed by atoms with Gasteiger partial charge >= 0.3 is 0 Å². The molecule has 2 atom stereocenters. The average Bonchev–Trinajstić information content (AvgIpc) is 2.37. The number of nitriles is 1. The quantitative estimate of drug-likeness (QED) is 0.922. The lowest BCUT2D eigenvalue weighted by Gasteiger charge is -2.23. The van der Waals surface area contributed by atoms with Gasteiger partial charge in [0.2, 0.25) is 0 Å². The number of hydrogen-bond acceptors (Lipinski definition) is 2. The second-order valence-electron chi connectivity index (χ2n) is 6.58. The Morgan fingerprint density at radius 1 is 1.25 bits per heavy atom. The monoisotopic (exact) mass is 292 g/mol. The summed E-state index contributed by atoms with van der Waals surface area (Å²) in [6, 6.07) is 10.2. The standard InChI is InChI=1S/C16H24N2OS/c1-12(18-20(19)15(2,3)4)13-8-7-9-14(10-13)16(5,6)11-17/h7-10,12,18H,1-6H3/t12-,20?/m1/s1. The van der Waals surface area contributed by atoms with Crippen LogP contribution >= 0.6 is 0 Å². The zero-order chi connectivity index (χ0) is 15.6. The van der Waals surface area contributed by atoms with Gasteiger partial charge in [-0.25, -0.2) is 8.93 Å². The van der Waals surface area contributed by atoms with Gasteiger partial charge in [-0.1, -0.05) is 24.3 Å². The van der Waals surface area contributed by atoms with E-state index in [1.165, 1.54) is 0 Å². The van der Waals surface area contributed by atoms with Gasteiger partial charge < -0.3 is 0 Å². The first kappa shape index (κ1) is 16.9. The van der Waals surface area contributed by atoms with E-state index in [1.807, 2.05) is 65.8 Å². The van der Waals surface area contributed by atoms with E-state index in [4.69, 9.17) is 0 Å². The van der Waals surface area contributed by atoms with Crippen LogP contribution in [0.1, 0.15) is 58.7 Å². The first-order valence-corrected chi connectivity index (χ1v) is 7.92. The van der Waals surface area contributed by atoms with Crippen molar-refractivity contribution in [1.29, 1.82) is 5.26 Å². The molecule has 0 aliphatic rings. The minimum atomic E-state index is -1.11. The molecule has 0 radical (unpaired) electrons. The van der Waals surface area contributed by atoms with Crippen LogP contribution < -0.4 is 4.72 Å². The highest BCUT2D eigenvalue weighted by Gasteiger charge is 2.23. The molecule has 1 aromatic rings. The highest BCUT2D eigenvalue weighted by Crippen LogP contribution is 2.25. The maximum Gasteiger partial charge on any atom is 0.0975 e. The average molecular weight is 292 g/mol. The highest BCUT2D eigenvalue weighted by molar-refractivity contribution is 7.84. The predicted octanol–water partition coefficient (Wildman–Crippen LogP) is 3.60. The van der Waals surface area contributed by atoms with E-state index in [1.54, 1.807) is 0 Å². The van der Waals surface area contributed by atoms with Crippen LogP contribution in [-0.2, 0) is 16.4 Å². The lowest BCUT2D eigenvalue weighted by Crippen LogP contribution is -2.34. The number of benzene rings is 1. The molecule has 20 heavy (non-hydrogen) atoms. The summed E-state index contributed by atoms with van der Waals surface area (Å²) in [5.74, 6) is 0. The summed E-state index contributed by atoms with van der Waals surface area (Å²) < 4.78 is 15.0. The van der Waals surface area contributed by atoms with Crippen LogP contribution in [0.15, 0.2) is 24.3 Å². The Labute approximate surface area is 125 Å². The number of rotatable bonds is 4. The minimum absolute atomic E-state index is 0.0236. The molecular formula is C16H24N2OS. The van der Waals surface area contributed by atoms with Gasteiger partial charge in [-0.15, -0.1) is 0 Å². The lowest BCUT2D eigenvalue weighted by atomic mass is 9.85. The SMILES string of the molecule is C[C@@H](NS(=O)C(C)(C)C)c1cccc(C(C)(C)C#N)c1. The summed E-state index contributed by atoms with van der Waals surface area (Å²) >= 11 is 0. The smallest absolute Gasteiger partial charge is 0.0975 e. The summed E-state index contributed by atoms with van der Waals surface area (Å²) in [5, 5.41) is 9.21. The molecule has 0 saturated heterocycles. The van der Waals surface area contributed by atoms with Gasteiger partial charge in [0.1, 0.15) is 0 Å². The molecule has 4 heteroatoms. The number of nitrogens with zero attached hydrogens (tertiary/aromatic N) is 1. The highest BCUT2D eigenvalue weighted by atomic mass is 32.2. The molecule has 110 valence electrons. The summed E-state index contributed by atoms with van der Waals surface area (Å²) in [6.45, 7) is 11.6. The fraction of sp³-hybridized carbons (Fsp3) is 0.562. The molecule has 1 unspecified atom stereocenters. The fourth-order valence-corrected chi connectivity index (χ4v) is 2.48. The van der Waals surface area contributed by atoms with E-state index < -0.39 is 16.4 Å². The Balaban J connectivity index is 2.96. The topological polar surface area (TPSA) is 52.9 Å². The van der Waals surface area contributed by atoms with Crippen LogP contribution in [0.5, 0.6) is 0 Å². The zero-order valence-corrected chi connectivity index (χ0v) is 14.0. The second-order valence-corrected chi connectivity index (χ2v) is 8.58. The van der Waals surface area contributed by atoms with E-state index >= 15 is 0 Å². The van der Waals surface area contributed by atoms with E-state index in [9.17, 15) is 9.47 Å². The molecule has 0 amide bonds. The molecule has 0 aliphatic heterocycles. The molecule has 0 heterocycles. The van der Waals surface area contributed by atoms with Crippen molar-refractivity contribution in [2.24, 2.45) is 0 Å². The Morgan fingerprint density at radius 2 is 1.85 bits per heavy atom. The first-order valence-electron chi connectivity index (χ1n) is 6.77. The van der Waals surface area contributed by atoms with Gasteiger partial charge in [0.15, 0.2) is 0 Å². The van der Waals surface area contributed by atoms with Crippen molar-refractivity contribution in [3.05, 3.63) is 35.4 Å². The molecular weight excluding hydrogens is 268 g/mol. The van der Waals surface area contributed by atoms with Gasteiger partial charge in [-0.05, 0) is 52.7 Å². The van der Waals surface area contributed by atoms with Crippen molar-refractivity contribution >= 4 is 11.0 Å². The molecule has 0 aliphatic carbocycles.